The summed E-state index contributed by atoms with van der Waals surface area (Å²) in [4.78, 5) is 39.9. The molecule has 222 valence electrons. The lowest BCUT2D eigenvalue weighted by Gasteiger charge is -2.31. The molecule has 1 heterocycles. The largest absolute Gasteiger partial charge is 0.454 e. The van der Waals surface area contributed by atoms with Crippen LogP contribution < -0.4 is 25.0 Å². The van der Waals surface area contributed by atoms with Gasteiger partial charge in [-0.25, -0.2) is 0 Å². The van der Waals surface area contributed by atoms with E-state index < -0.39 is 62.8 Å². The van der Waals surface area contributed by atoms with Gasteiger partial charge >= 0.3 is 6.18 Å². The van der Waals surface area contributed by atoms with Gasteiger partial charge in [0.05, 0.1) is 10.6 Å². The lowest BCUT2D eigenvalue weighted by Crippen LogP contribution is -2.52. The predicted molar refractivity (Wildman–Crippen MR) is 147 cm³/mol. The fraction of sp³-hybridized carbons (Fsp3) is 0.444. The summed E-state index contributed by atoms with van der Waals surface area (Å²) in [6, 6.07) is 6.20. The van der Waals surface area contributed by atoms with Gasteiger partial charge in [-0.05, 0) is 50.1 Å². The van der Waals surface area contributed by atoms with Crippen molar-refractivity contribution < 1.29 is 41.2 Å². The first-order chi connectivity index (χ1) is 19.4. The number of rotatable bonds is 9. The second-order valence-electron chi connectivity index (χ2n) is 9.79. The van der Waals surface area contributed by atoms with Gasteiger partial charge in [0, 0.05) is 34.3 Å². The van der Waals surface area contributed by atoms with Crippen molar-refractivity contribution in [3.05, 3.63) is 47.0 Å². The Hall–Kier alpha value is -3.32. The van der Waals surface area contributed by atoms with Gasteiger partial charge in [-0.2, -0.15) is 13.2 Å². The minimum atomic E-state index is -4.81. The third-order valence-corrected chi connectivity index (χ3v) is 8.24. The Morgan fingerprint density at radius 1 is 1.05 bits per heavy atom. The molecule has 1 aliphatic heterocycles. The van der Waals surface area contributed by atoms with Gasteiger partial charge in [0.2, 0.25) is 24.5 Å². The quantitative estimate of drug-likeness (QED) is 0.425. The normalized spacial score (nSPS) is 16.5. The van der Waals surface area contributed by atoms with Crippen LogP contribution in [0.15, 0.2) is 36.4 Å². The van der Waals surface area contributed by atoms with Crippen molar-refractivity contribution in [1.82, 2.24) is 5.32 Å². The topological polar surface area (TPSA) is 114 Å². The molecule has 0 radical (unpaired) electrons. The van der Waals surface area contributed by atoms with Gasteiger partial charge in [0.25, 0.3) is 0 Å². The van der Waals surface area contributed by atoms with E-state index in [-0.39, 0.29) is 18.5 Å². The van der Waals surface area contributed by atoms with Gasteiger partial charge in [0.1, 0.15) is 17.5 Å². The standard InChI is InChI=1S/C27H29ClF3N3O6S/c1-16(26(37)33-17-5-3-2-4-6-17)34(19-8-9-21(28)20(12-19)27(29,30)31)25(36)14-41(38)13-24(35)32-18-7-10-22-23(11-18)40-15-39-22/h7-12,16-17H,2-6,13-15H2,1H3,(H,32,35)(H,33,37)/t16-,41+/m0/s1. The van der Waals surface area contributed by atoms with Gasteiger partial charge < -0.3 is 20.1 Å². The SMILES string of the molecule is C[C@@H](C(=O)NC1CCCCC1)N(C(=O)C[S@](=O)CC(=O)Nc1ccc2c(c1)OCO2)c1ccc(Cl)c(C(F)(F)F)c1. The van der Waals surface area contributed by atoms with E-state index in [1.54, 1.807) is 12.1 Å². The fourth-order valence-corrected chi connectivity index (χ4v) is 5.83. The summed E-state index contributed by atoms with van der Waals surface area (Å²) in [7, 11) is -2.05. The Labute approximate surface area is 242 Å². The number of anilines is 2. The van der Waals surface area contributed by atoms with Crippen molar-refractivity contribution in [1.29, 1.82) is 0 Å². The molecule has 1 aliphatic carbocycles. The second kappa shape index (κ2) is 13.1. The van der Waals surface area contributed by atoms with Crippen LogP contribution in [0.2, 0.25) is 5.02 Å². The Bertz CT molecular complexity index is 1340. The van der Waals surface area contributed by atoms with Crippen LogP contribution in [0.3, 0.4) is 0 Å². The molecule has 2 aromatic rings. The lowest BCUT2D eigenvalue weighted by molar-refractivity contribution is -0.137. The molecule has 9 nitrogen and oxygen atoms in total. The summed E-state index contributed by atoms with van der Waals surface area (Å²) in [5.41, 5.74) is -1.06. The maximum atomic E-state index is 13.6. The molecule has 0 aromatic heterocycles. The molecule has 41 heavy (non-hydrogen) atoms. The van der Waals surface area contributed by atoms with E-state index in [9.17, 15) is 31.8 Å². The monoisotopic (exact) mass is 615 g/mol. The van der Waals surface area contributed by atoms with Crippen LogP contribution in [0, 0.1) is 0 Å². The van der Waals surface area contributed by atoms with Crippen LogP contribution in [-0.2, 0) is 31.4 Å². The van der Waals surface area contributed by atoms with Crippen LogP contribution in [0.25, 0.3) is 0 Å². The summed E-state index contributed by atoms with van der Waals surface area (Å²) in [5, 5.41) is 4.86. The summed E-state index contributed by atoms with van der Waals surface area (Å²) in [5.74, 6) is -2.44. The van der Waals surface area contributed by atoms with E-state index in [1.165, 1.54) is 19.1 Å². The van der Waals surface area contributed by atoms with Crippen LogP contribution in [0.5, 0.6) is 11.5 Å². The third kappa shape index (κ3) is 7.91. The highest BCUT2D eigenvalue weighted by Crippen LogP contribution is 2.37. The minimum absolute atomic E-state index is 0.0462. The maximum absolute atomic E-state index is 13.6. The number of nitrogens with zero attached hydrogens (tertiary/aromatic N) is 1. The van der Waals surface area contributed by atoms with E-state index in [2.05, 4.69) is 10.6 Å². The minimum Gasteiger partial charge on any atom is -0.454 e. The summed E-state index contributed by atoms with van der Waals surface area (Å²) < 4.78 is 64.1. The smallest absolute Gasteiger partial charge is 0.417 e. The molecule has 1 fully saturated rings. The van der Waals surface area contributed by atoms with Crippen LogP contribution >= 0.6 is 11.6 Å². The molecule has 1 saturated carbocycles. The number of benzene rings is 2. The number of hydrogen-bond acceptors (Lipinski definition) is 6. The van der Waals surface area contributed by atoms with Gasteiger partial charge in [0.15, 0.2) is 11.5 Å². The molecule has 2 aliphatic rings. The molecule has 0 saturated heterocycles. The number of nitrogens with one attached hydrogen (secondary N) is 2. The average Bonchev–Trinajstić information content (AvgIpc) is 3.37. The second-order valence-corrected chi connectivity index (χ2v) is 11.7. The molecule has 3 amide bonds. The van der Waals surface area contributed by atoms with Crippen molar-refractivity contribution in [3.8, 4) is 11.5 Å². The first kappa shape index (κ1) is 30.6. The zero-order valence-corrected chi connectivity index (χ0v) is 23.7. The van der Waals surface area contributed by atoms with Crippen molar-refractivity contribution in [2.24, 2.45) is 0 Å². The number of ether oxygens (including phenoxy) is 2. The van der Waals surface area contributed by atoms with Crippen LogP contribution in [0.4, 0.5) is 24.5 Å². The number of carbonyl (C=O) groups excluding carboxylic acids is 3. The van der Waals surface area contributed by atoms with E-state index >= 15 is 0 Å². The van der Waals surface area contributed by atoms with E-state index in [0.717, 1.165) is 43.1 Å². The molecule has 4 rings (SSSR count). The fourth-order valence-electron chi connectivity index (χ4n) is 4.73. The predicted octanol–water partition coefficient (Wildman–Crippen LogP) is 4.65. The zero-order valence-electron chi connectivity index (χ0n) is 22.1. The number of carbonyl (C=O) groups is 3. The molecular formula is C27H29ClF3N3O6S. The highest BCUT2D eigenvalue weighted by Gasteiger charge is 2.36. The number of fused-ring (bicyclic) bond motifs is 1. The van der Waals surface area contributed by atoms with Crippen LogP contribution in [0.1, 0.15) is 44.6 Å². The maximum Gasteiger partial charge on any atom is 0.417 e. The van der Waals surface area contributed by atoms with E-state index in [4.69, 9.17) is 21.1 Å². The first-order valence-electron chi connectivity index (χ1n) is 13.0. The Kier molecular flexibility index (Phi) is 9.80. The Balaban J connectivity index is 1.49. The number of halogens is 4. The molecule has 2 atom stereocenters. The number of alkyl halides is 3. The molecule has 2 aromatic carbocycles. The molecule has 0 unspecified atom stereocenters. The molecule has 2 N–H and O–H groups in total. The van der Waals surface area contributed by atoms with Gasteiger partial charge in [-0.3, -0.25) is 23.5 Å². The Morgan fingerprint density at radius 3 is 2.46 bits per heavy atom. The summed E-state index contributed by atoms with van der Waals surface area (Å²) >= 11 is 5.76. The average molecular weight is 616 g/mol. The van der Waals surface area contributed by atoms with Crippen LogP contribution in [-0.4, -0.2) is 52.3 Å². The molecule has 0 spiro atoms. The molecule has 0 bridgehead atoms. The summed E-state index contributed by atoms with van der Waals surface area (Å²) in [6.45, 7) is 1.43. The van der Waals surface area contributed by atoms with E-state index in [0.29, 0.717) is 23.3 Å². The highest BCUT2D eigenvalue weighted by molar-refractivity contribution is 7.86. The van der Waals surface area contributed by atoms with Crippen molar-refractivity contribution in [2.45, 2.75) is 57.3 Å². The van der Waals surface area contributed by atoms with E-state index in [1.807, 2.05) is 0 Å². The third-order valence-electron chi connectivity index (χ3n) is 6.75. The lowest BCUT2D eigenvalue weighted by atomic mass is 9.95. The summed E-state index contributed by atoms with van der Waals surface area (Å²) in [6.07, 6.45) is -0.387. The highest BCUT2D eigenvalue weighted by atomic mass is 35.5. The molecule has 14 heteroatoms. The zero-order chi connectivity index (χ0) is 29.7. The van der Waals surface area contributed by atoms with Gasteiger partial charge in [-0.1, -0.05) is 30.9 Å². The first-order valence-corrected chi connectivity index (χ1v) is 14.8. The Morgan fingerprint density at radius 2 is 1.76 bits per heavy atom. The van der Waals surface area contributed by atoms with Crippen molar-refractivity contribution in [3.63, 3.8) is 0 Å². The molecular weight excluding hydrogens is 587 g/mol. The number of amides is 3. The number of hydrogen-bond donors (Lipinski definition) is 2. The van der Waals surface area contributed by atoms with Gasteiger partial charge in [-0.15, -0.1) is 0 Å². The van der Waals surface area contributed by atoms with Crippen molar-refractivity contribution in [2.75, 3.05) is 28.5 Å². The van der Waals surface area contributed by atoms with Crippen molar-refractivity contribution >= 4 is 51.5 Å².